The van der Waals surface area contributed by atoms with Gasteiger partial charge >= 0.3 is 0 Å². The first-order chi connectivity index (χ1) is 13.6. The van der Waals surface area contributed by atoms with Crippen LogP contribution in [0.3, 0.4) is 0 Å². The third kappa shape index (κ3) is 3.35. The van der Waals surface area contributed by atoms with Gasteiger partial charge in [-0.2, -0.15) is 5.10 Å². The molecule has 2 aliphatic rings. The van der Waals surface area contributed by atoms with E-state index >= 15 is 0 Å². The lowest BCUT2D eigenvalue weighted by atomic mass is 10.0. The Morgan fingerprint density at radius 1 is 0.893 bits per heavy atom. The zero-order valence-electron chi connectivity index (χ0n) is 15.2. The Morgan fingerprint density at radius 2 is 1.61 bits per heavy atom. The topological polar surface area (TPSA) is 50.1 Å². The molecule has 2 fully saturated rings. The van der Waals surface area contributed by atoms with E-state index < -0.39 is 11.6 Å². The minimum Gasteiger partial charge on any atom is -0.356 e. The van der Waals surface area contributed by atoms with E-state index in [-0.39, 0.29) is 0 Å². The lowest BCUT2D eigenvalue weighted by Gasteiger charge is -2.22. The molecule has 2 aliphatic heterocycles. The van der Waals surface area contributed by atoms with Crippen LogP contribution in [0.1, 0.15) is 5.56 Å². The van der Waals surface area contributed by atoms with E-state index in [1.165, 1.54) is 12.1 Å². The Hall–Kier alpha value is -2.87. The van der Waals surface area contributed by atoms with Crippen molar-refractivity contribution >= 4 is 5.82 Å². The average molecular weight is 382 g/mol. The number of likely N-dealkylation sites (tertiary alicyclic amines) is 1. The van der Waals surface area contributed by atoms with Gasteiger partial charge in [-0.1, -0.05) is 0 Å². The van der Waals surface area contributed by atoms with Gasteiger partial charge in [0, 0.05) is 57.3 Å². The van der Waals surface area contributed by atoms with Crippen molar-refractivity contribution < 1.29 is 8.78 Å². The summed E-state index contributed by atoms with van der Waals surface area (Å²) < 4.78 is 28.6. The smallest absolute Gasteiger partial charge is 0.158 e. The lowest BCUT2D eigenvalue weighted by Crippen LogP contribution is -2.29. The highest BCUT2D eigenvalue weighted by molar-refractivity contribution is 5.44. The fraction of sp³-hybridized carbons (Fsp3) is 0.350. The minimum atomic E-state index is -0.516. The molecule has 6 nitrogen and oxygen atoms in total. The largest absolute Gasteiger partial charge is 0.356 e. The summed E-state index contributed by atoms with van der Waals surface area (Å²) in [5.74, 6) is 1.69. The third-order valence-electron chi connectivity index (χ3n) is 5.59. The monoisotopic (exact) mass is 382 g/mol. The van der Waals surface area contributed by atoms with Gasteiger partial charge in [0.05, 0.1) is 0 Å². The molecule has 1 aromatic carbocycles. The van der Waals surface area contributed by atoms with Gasteiger partial charge in [0.1, 0.15) is 23.8 Å². The second kappa shape index (κ2) is 6.94. The van der Waals surface area contributed by atoms with Gasteiger partial charge in [-0.3, -0.25) is 4.90 Å². The van der Waals surface area contributed by atoms with E-state index in [2.05, 4.69) is 24.9 Å². The minimum absolute atomic E-state index is 0.516. The van der Waals surface area contributed by atoms with E-state index in [1.807, 2.05) is 18.3 Å². The molecule has 2 saturated heterocycles. The van der Waals surface area contributed by atoms with Gasteiger partial charge in [0.25, 0.3) is 0 Å². The summed E-state index contributed by atoms with van der Waals surface area (Å²) in [5.41, 5.74) is 0.689. The summed E-state index contributed by atoms with van der Waals surface area (Å²) in [5, 5.41) is 4.22. The first-order valence-electron chi connectivity index (χ1n) is 9.38. The molecule has 2 unspecified atom stereocenters. The fourth-order valence-corrected chi connectivity index (χ4v) is 4.41. The summed E-state index contributed by atoms with van der Waals surface area (Å²) in [7, 11) is 0. The van der Waals surface area contributed by atoms with Crippen molar-refractivity contribution in [2.75, 3.05) is 31.1 Å². The van der Waals surface area contributed by atoms with Crippen LogP contribution in [0.2, 0.25) is 0 Å². The van der Waals surface area contributed by atoms with Crippen LogP contribution < -0.4 is 4.90 Å². The number of nitrogens with zero attached hydrogens (tertiary/aromatic N) is 6. The zero-order chi connectivity index (χ0) is 19.1. The van der Waals surface area contributed by atoms with Crippen LogP contribution in [0.25, 0.3) is 5.82 Å². The molecule has 8 heteroatoms. The Bertz CT molecular complexity index is 942. The average Bonchev–Trinajstić information content (AvgIpc) is 3.37. The Labute approximate surface area is 161 Å². The Morgan fingerprint density at radius 3 is 2.29 bits per heavy atom. The molecule has 0 N–H and O–H groups in total. The molecule has 0 saturated carbocycles. The number of rotatable bonds is 4. The zero-order valence-corrected chi connectivity index (χ0v) is 15.2. The molecule has 0 spiro atoms. The van der Waals surface area contributed by atoms with Crippen molar-refractivity contribution in [3.8, 4) is 5.82 Å². The molecule has 0 aliphatic carbocycles. The van der Waals surface area contributed by atoms with E-state index in [0.717, 1.165) is 43.9 Å². The van der Waals surface area contributed by atoms with Crippen molar-refractivity contribution in [3.05, 3.63) is 66.3 Å². The SMILES string of the molecule is Fc1cc(F)cc(CN2CC3CN(c4cc(-n5cccn5)ncn4)CC3C2)c1. The highest BCUT2D eigenvalue weighted by Crippen LogP contribution is 2.34. The molecule has 3 aromatic rings. The standard InChI is InChI=1S/C20H20F2N6/c21-17-4-14(5-18(22)6-17)8-26-9-15-11-27(12-16(15)10-26)19-7-20(24-13-23-19)28-3-1-2-25-28/h1-7,13,15-16H,8-12H2. The second-order valence-electron chi connectivity index (χ2n) is 7.58. The maximum atomic E-state index is 13.4. The van der Waals surface area contributed by atoms with Crippen molar-refractivity contribution in [1.82, 2.24) is 24.6 Å². The number of benzene rings is 1. The van der Waals surface area contributed by atoms with Crippen molar-refractivity contribution in [3.63, 3.8) is 0 Å². The second-order valence-corrected chi connectivity index (χ2v) is 7.58. The van der Waals surface area contributed by atoms with E-state index in [1.54, 1.807) is 17.2 Å². The van der Waals surface area contributed by atoms with Crippen LogP contribution in [0.4, 0.5) is 14.6 Å². The van der Waals surface area contributed by atoms with Gasteiger partial charge in [0.2, 0.25) is 0 Å². The third-order valence-corrected chi connectivity index (χ3v) is 5.59. The van der Waals surface area contributed by atoms with E-state index in [4.69, 9.17) is 0 Å². The molecule has 5 rings (SSSR count). The van der Waals surface area contributed by atoms with E-state index in [0.29, 0.717) is 23.9 Å². The Kier molecular flexibility index (Phi) is 4.27. The summed E-state index contributed by atoms with van der Waals surface area (Å²) in [6.45, 7) is 4.29. The molecular formula is C20H20F2N6. The lowest BCUT2D eigenvalue weighted by molar-refractivity contribution is 0.307. The molecule has 0 bridgehead atoms. The summed E-state index contributed by atoms with van der Waals surface area (Å²) in [6.07, 6.45) is 5.16. The molecular weight excluding hydrogens is 362 g/mol. The van der Waals surface area contributed by atoms with Gasteiger partial charge < -0.3 is 4.90 Å². The predicted molar refractivity (Wildman–Crippen MR) is 100.0 cm³/mol. The van der Waals surface area contributed by atoms with E-state index in [9.17, 15) is 8.78 Å². The van der Waals surface area contributed by atoms with Crippen LogP contribution in [0.15, 0.2) is 49.1 Å². The fourth-order valence-electron chi connectivity index (χ4n) is 4.41. The number of aromatic nitrogens is 4. The maximum Gasteiger partial charge on any atom is 0.158 e. The maximum absolute atomic E-state index is 13.4. The predicted octanol–water partition coefficient (Wildman–Crippen LogP) is 2.51. The van der Waals surface area contributed by atoms with Crippen LogP contribution >= 0.6 is 0 Å². The van der Waals surface area contributed by atoms with Crippen molar-refractivity contribution in [2.45, 2.75) is 6.54 Å². The summed E-state index contributed by atoms with van der Waals surface area (Å²) in [4.78, 5) is 13.3. The van der Waals surface area contributed by atoms with Gasteiger partial charge in [-0.05, 0) is 35.6 Å². The summed E-state index contributed by atoms with van der Waals surface area (Å²) >= 11 is 0. The van der Waals surface area contributed by atoms with Crippen LogP contribution in [0, 0.1) is 23.5 Å². The number of hydrogen-bond acceptors (Lipinski definition) is 5. The number of halogens is 2. The van der Waals surface area contributed by atoms with Crippen molar-refractivity contribution in [2.24, 2.45) is 11.8 Å². The molecule has 28 heavy (non-hydrogen) atoms. The number of fused-ring (bicyclic) bond motifs is 1. The molecule has 0 amide bonds. The van der Waals surface area contributed by atoms with Crippen LogP contribution in [0.5, 0.6) is 0 Å². The number of anilines is 1. The normalized spacial score (nSPS) is 22.0. The molecule has 2 aromatic heterocycles. The highest BCUT2D eigenvalue weighted by atomic mass is 19.1. The summed E-state index contributed by atoms with van der Waals surface area (Å²) in [6, 6.07) is 7.57. The van der Waals surface area contributed by atoms with Gasteiger partial charge in [-0.25, -0.2) is 23.4 Å². The van der Waals surface area contributed by atoms with Gasteiger partial charge in [-0.15, -0.1) is 0 Å². The molecule has 2 atom stereocenters. The van der Waals surface area contributed by atoms with Crippen LogP contribution in [-0.2, 0) is 6.54 Å². The molecule has 144 valence electrons. The first-order valence-corrected chi connectivity index (χ1v) is 9.38. The molecule has 4 heterocycles. The first kappa shape index (κ1) is 17.2. The Balaban J connectivity index is 1.24. The highest BCUT2D eigenvalue weighted by Gasteiger charge is 2.40. The van der Waals surface area contributed by atoms with Crippen LogP contribution in [-0.4, -0.2) is 50.8 Å². The molecule has 0 radical (unpaired) electrons. The quantitative estimate of drug-likeness (QED) is 0.694. The van der Waals surface area contributed by atoms with Gasteiger partial charge in [0.15, 0.2) is 5.82 Å². The van der Waals surface area contributed by atoms with Crippen molar-refractivity contribution in [1.29, 1.82) is 0 Å². The number of hydrogen-bond donors (Lipinski definition) is 0.